The first-order chi connectivity index (χ1) is 10.5. The van der Waals surface area contributed by atoms with Crippen LogP contribution in [0.1, 0.15) is 90.4 Å². The van der Waals surface area contributed by atoms with Gasteiger partial charge in [0.15, 0.2) is 0 Å². The van der Waals surface area contributed by atoms with Gasteiger partial charge < -0.3 is 0 Å². The summed E-state index contributed by atoms with van der Waals surface area (Å²) in [5, 5.41) is 11.7. The van der Waals surface area contributed by atoms with Gasteiger partial charge in [-0.05, 0) is 12.8 Å². The summed E-state index contributed by atoms with van der Waals surface area (Å²) in [5.41, 5.74) is -1.52. The molecule has 5 heteroatoms. The molecule has 0 bridgehead atoms. The first-order valence-electron chi connectivity index (χ1n) is 8.72. The van der Waals surface area contributed by atoms with Crippen molar-refractivity contribution in [3.8, 4) is 0 Å². The van der Waals surface area contributed by atoms with Gasteiger partial charge in [0.1, 0.15) is 5.78 Å². The van der Waals surface area contributed by atoms with Crippen molar-refractivity contribution >= 4 is 11.6 Å². The van der Waals surface area contributed by atoms with Crippen LogP contribution in [-0.4, -0.2) is 22.0 Å². The van der Waals surface area contributed by atoms with Gasteiger partial charge in [0.2, 0.25) is 5.78 Å². The lowest BCUT2D eigenvalue weighted by Crippen LogP contribution is -2.47. The smallest absolute Gasteiger partial charge is 0.279 e. The SMILES string of the molecule is CCC(=O)CCC1([N+](=O)[O-])CCCCCCCCCCC1=O. The molecule has 1 rings (SSSR count). The molecule has 0 heterocycles. The minimum absolute atomic E-state index is 0.000131. The Bertz CT molecular complexity index is 394. The Morgan fingerprint density at radius 2 is 1.64 bits per heavy atom. The van der Waals surface area contributed by atoms with E-state index in [9.17, 15) is 19.7 Å². The molecule has 0 spiro atoms. The fourth-order valence-corrected chi connectivity index (χ4v) is 3.21. The Morgan fingerprint density at radius 1 is 1.09 bits per heavy atom. The number of Topliss-reactive ketones (excluding diaryl/α,β-unsaturated/α-hetero) is 2. The highest BCUT2D eigenvalue weighted by atomic mass is 16.6. The summed E-state index contributed by atoms with van der Waals surface area (Å²) >= 11 is 0. The lowest BCUT2D eigenvalue weighted by Gasteiger charge is -2.24. The van der Waals surface area contributed by atoms with E-state index >= 15 is 0 Å². The number of rotatable bonds is 5. The zero-order valence-electron chi connectivity index (χ0n) is 13.8. The molecule has 0 aromatic carbocycles. The molecule has 1 fully saturated rings. The maximum Gasteiger partial charge on any atom is 0.279 e. The van der Waals surface area contributed by atoms with Crippen molar-refractivity contribution in [3.63, 3.8) is 0 Å². The van der Waals surface area contributed by atoms with Crippen LogP contribution in [-0.2, 0) is 9.59 Å². The van der Waals surface area contributed by atoms with E-state index in [1.54, 1.807) is 6.92 Å². The molecule has 126 valence electrons. The number of hydrogen-bond donors (Lipinski definition) is 0. The lowest BCUT2D eigenvalue weighted by molar-refractivity contribution is -0.554. The Labute approximate surface area is 133 Å². The summed E-state index contributed by atoms with van der Waals surface area (Å²) in [6.45, 7) is 1.75. The zero-order chi connectivity index (χ0) is 16.4. The van der Waals surface area contributed by atoms with E-state index in [1.807, 2.05) is 0 Å². The third-order valence-electron chi connectivity index (χ3n) is 4.82. The maximum atomic E-state index is 12.5. The van der Waals surface area contributed by atoms with Crippen LogP contribution >= 0.6 is 0 Å². The predicted octanol–water partition coefficient (Wildman–Crippen LogP) is 4.24. The lowest BCUT2D eigenvalue weighted by atomic mass is 9.81. The summed E-state index contributed by atoms with van der Waals surface area (Å²) < 4.78 is 0. The fourth-order valence-electron chi connectivity index (χ4n) is 3.21. The molecule has 0 amide bonds. The second-order valence-electron chi connectivity index (χ2n) is 6.43. The molecule has 1 unspecified atom stereocenters. The van der Waals surface area contributed by atoms with E-state index in [2.05, 4.69) is 0 Å². The molecule has 22 heavy (non-hydrogen) atoms. The van der Waals surface area contributed by atoms with Gasteiger partial charge in [-0.2, -0.15) is 0 Å². The molecule has 0 aliphatic heterocycles. The van der Waals surface area contributed by atoms with Gasteiger partial charge in [0.25, 0.3) is 5.54 Å². The van der Waals surface area contributed by atoms with Crippen LogP contribution in [0.2, 0.25) is 0 Å². The normalized spacial score (nSPS) is 25.0. The topological polar surface area (TPSA) is 77.3 Å². The molecule has 0 radical (unpaired) electrons. The summed E-state index contributed by atoms with van der Waals surface area (Å²) in [5.74, 6) is -0.262. The number of nitro groups is 1. The Hall–Kier alpha value is -1.26. The van der Waals surface area contributed by atoms with Crippen LogP contribution in [0.5, 0.6) is 0 Å². The summed E-state index contributed by atoms with van der Waals surface area (Å²) in [6.07, 6.45) is 9.05. The Morgan fingerprint density at radius 3 is 2.18 bits per heavy atom. The Kier molecular flexibility index (Phi) is 8.28. The van der Waals surface area contributed by atoms with Gasteiger partial charge in [-0.3, -0.25) is 19.7 Å². The zero-order valence-corrected chi connectivity index (χ0v) is 13.8. The van der Waals surface area contributed by atoms with Gasteiger partial charge in [-0.1, -0.05) is 45.4 Å². The molecule has 1 aliphatic carbocycles. The van der Waals surface area contributed by atoms with E-state index in [0.29, 0.717) is 12.8 Å². The van der Waals surface area contributed by atoms with Crippen LogP contribution in [0.15, 0.2) is 0 Å². The van der Waals surface area contributed by atoms with E-state index < -0.39 is 10.5 Å². The number of hydrogen-bond acceptors (Lipinski definition) is 4. The van der Waals surface area contributed by atoms with Crippen LogP contribution in [0, 0.1) is 10.1 Å². The Balaban J connectivity index is 2.85. The van der Waals surface area contributed by atoms with E-state index in [4.69, 9.17) is 0 Å². The average molecular weight is 311 g/mol. The van der Waals surface area contributed by atoms with E-state index in [1.165, 1.54) is 12.8 Å². The van der Waals surface area contributed by atoms with Crippen molar-refractivity contribution in [2.75, 3.05) is 0 Å². The summed E-state index contributed by atoms with van der Waals surface area (Å²) in [7, 11) is 0. The van der Waals surface area contributed by atoms with Crippen LogP contribution in [0.25, 0.3) is 0 Å². The standard InChI is InChI=1S/C17H29NO4/c1-2-15(19)12-14-17(18(21)22)13-10-8-6-4-3-5-7-9-11-16(17)20/h2-14H2,1H3. The molecule has 1 atom stereocenters. The van der Waals surface area contributed by atoms with Crippen molar-refractivity contribution in [2.24, 2.45) is 0 Å². The molecule has 0 aromatic rings. The van der Waals surface area contributed by atoms with Crippen molar-refractivity contribution in [1.29, 1.82) is 0 Å². The van der Waals surface area contributed by atoms with Crippen molar-refractivity contribution in [1.82, 2.24) is 0 Å². The monoisotopic (exact) mass is 311 g/mol. The van der Waals surface area contributed by atoms with Gasteiger partial charge in [0, 0.05) is 37.0 Å². The molecular formula is C17H29NO4. The maximum absolute atomic E-state index is 12.5. The number of carbonyl (C=O) groups excluding carboxylic acids is 2. The first-order valence-corrected chi connectivity index (χ1v) is 8.72. The summed E-state index contributed by atoms with van der Waals surface area (Å²) in [6, 6.07) is 0. The first kappa shape index (κ1) is 18.8. The quantitative estimate of drug-likeness (QED) is 0.562. The van der Waals surface area contributed by atoms with E-state index in [0.717, 1.165) is 32.1 Å². The predicted molar refractivity (Wildman–Crippen MR) is 85.4 cm³/mol. The molecule has 0 aromatic heterocycles. The van der Waals surface area contributed by atoms with E-state index in [-0.39, 0.29) is 37.2 Å². The minimum Gasteiger partial charge on any atom is -0.300 e. The largest absolute Gasteiger partial charge is 0.300 e. The number of ketones is 2. The number of nitrogens with zero attached hydrogens (tertiary/aromatic N) is 1. The van der Waals surface area contributed by atoms with Crippen molar-refractivity contribution < 1.29 is 14.5 Å². The van der Waals surface area contributed by atoms with Crippen molar-refractivity contribution in [3.05, 3.63) is 10.1 Å². The molecular weight excluding hydrogens is 282 g/mol. The second-order valence-corrected chi connectivity index (χ2v) is 6.43. The third-order valence-corrected chi connectivity index (χ3v) is 4.82. The third kappa shape index (κ3) is 5.50. The highest BCUT2D eigenvalue weighted by molar-refractivity contribution is 5.88. The van der Waals surface area contributed by atoms with Crippen molar-refractivity contribution in [2.45, 2.75) is 95.9 Å². The van der Waals surface area contributed by atoms with Crippen LogP contribution < -0.4 is 0 Å². The van der Waals surface area contributed by atoms with Gasteiger partial charge >= 0.3 is 0 Å². The van der Waals surface area contributed by atoms with Crippen LogP contribution in [0.4, 0.5) is 0 Å². The highest BCUT2D eigenvalue weighted by Crippen LogP contribution is 2.29. The molecule has 0 saturated heterocycles. The summed E-state index contributed by atoms with van der Waals surface area (Å²) in [4.78, 5) is 35.4. The average Bonchev–Trinajstić information content (AvgIpc) is 2.49. The number of carbonyl (C=O) groups is 2. The highest BCUT2D eigenvalue weighted by Gasteiger charge is 2.48. The van der Waals surface area contributed by atoms with Gasteiger partial charge in [0.05, 0.1) is 0 Å². The van der Waals surface area contributed by atoms with Gasteiger partial charge in [-0.15, -0.1) is 0 Å². The molecule has 0 N–H and O–H groups in total. The van der Waals surface area contributed by atoms with Gasteiger partial charge in [-0.25, -0.2) is 0 Å². The second kappa shape index (κ2) is 9.70. The van der Waals surface area contributed by atoms with Crippen LogP contribution in [0.3, 0.4) is 0 Å². The molecule has 1 aliphatic rings. The fraction of sp³-hybridized carbons (Fsp3) is 0.882. The molecule has 5 nitrogen and oxygen atoms in total. The molecule has 1 saturated carbocycles. The minimum atomic E-state index is -1.52.